The molecule has 3 heterocycles. The number of amides is 1. The van der Waals surface area contributed by atoms with Gasteiger partial charge in [-0.15, -0.1) is 0 Å². The molecular formula is C18H29N5O2. The van der Waals surface area contributed by atoms with Gasteiger partial charge >= 0.3 is 6.09 Å². The van der Waals surface area contributed by atoms with Crippen molar-refractivity contribution < 1.29 is 9.53 Å². The number of anilines is 1. The van der Waals surface area contributed by atoms with E-state index >= 15 is 0 Å². The summed E-state index contributed by atoms with van der Waals surface area (Å²) in [4.78, 5) is 27.7. The molecule has 0 radical (unpaired) electrons. The number of carbonyl (C=O) groups excluding carboxylic acids is 1. The maximum Gasteiger partial charge on any atom is 0.410 e. The van der Waals surface area contributed by atoms with Crippen LogP contribution in [0, 0.1) is 0 Å². The Hall–Kier alpha value is -1.89. The zero-order valence-corrected chi connectivity index (χ0v) is 15.9. The molecule has 0 saturated carbocycles. The van der Waals surface area contributed by atoms with E-state index in [1.165, 1.54) is 5.56 Å². The summed E-state index contributed by atoms with van der Waals surface area (Å²) < 4.78 is 5.49. The predicted octanol–water partition coefficient (Wildman–Crippen LogP) is 1.91. The van der Waals surface area contributed by atoms with Gasteiger partial charge in [0.2, 0.25) is 0 Å². The first-order chi connectivity index (χ1) is 11.7. The van der Waals surface area contributed by atoms with Crippen LogP contribution in [0.2, 0.25) is 0 Å². The van der Waals surface area contributed by atoms with Gasteiger partial charge in [-0.05, 0) is 47.7 Å². The standard InChI is InChI=1S/C18H29N5O2/c1-18(2,3)25-17(24)23-9-7-14-15(11-23)19-12-20-16(14)22-8-6-13(10-22)21(4)5/h12-13H,6-11H2,1-5H3/t13-/m0/s1. The Morgan fingerprint density at radius 3 is 2.68 bits per heavy atom. The molecule has 1 aromatic rings. The lowest BCUT2D eigenvalue weighted by atomic mass is 10.1. The van der Waals surface area contributed by atoms with Crippen LogP contribution in [0.1, 0.15) is 38.4 Å². The van der Waals surface area contributed by atoms with E-state index in [1.54, 1.807) is 11.2 Å². The third-order valence-electron chi connectivity index (χ3n) is 4.83. The highest BCUT2D eigenvalue weighted by Crippen LogP contribution is 2.29. The van der Waals surface area contributed by atoms with E-state index in [0.717, 1.165) is 37.4 Å². The van der Waals surface area contributed by atoms with Crippen LogP contribution in [-0.4, -0.2) is 71.2 Å². The minimum atomic E-state index is -0.481. The topological polar surface area (TPSA) is 61.8 Å². The number of fused-ring (bicyclic) bond motifs is 1. The summed E-state index contributed by atoms with van der Waals surface area (Å²) in [6.45, 7) is 8.80. The van der Waals surface area contributed by atoms with Gasteiger partial charge in [-0.1, -0.05) is 0 Å². The van der Waals surface area contributed by atoms with Crippen molar-refractivity contribution in [2.24, 2.45) is 0 Å². The molecule has 7 heteroatoms. The molecule has 1 atom stereocenters. The van der Waals surface area contributed by atoms with Crippen LogP contribution < -0.4 is 4.90 Å². The molecule has 0 spiro atoms. The predicted molar refractivity (Wildman–Crippen MR) is 96.7 cm³/mol. The van der Waals surface area contributed by atoms with E-state index in [2.05, 4.69) is 33.9 Å². The molecular weight excluding hydrogens is 318 g/mol. The minimum Gasteiger partial charge on any atom is -0.444 e. The average Bonchev–Trinajstić information content (AvgIpc) is 3.02. The lowest BCUT2D eigenvalue weighted by Gasteiger charge is -2.32. The third-order valence-corrected chi connectivity index (χ3v) is 4.83. The van der Waals surface area contributed by atoms with E-state index in [1.807, 2.05) is 20.8 Å². The maximum absolute atomic E-state index is 12.3. The molecule has 0 N–H and O–H groups in total. The number of hydrogen-bond acceptors (Lipinski definition) is 6. The summed E-state index contributed by atoms with van der Waals surface area (Å²) in [6.07, 6.45) is 3.27. The Labute approximate surface area is 150 Å². The van der Waals surface area contributed by atoms with Crippen LogP contribution in [0.3, 0.4) is 0 Å². The molecule has 1 saturated heterocycles. The summed E-state index contributed by atoms with van der Waals surface area (Å²) in [7, 11) is 4.25. The van der Waals surface area contributed by atoms with Crippen molar-refractivity contribution in [2.45, 2.75) is 51.8 Å². The van der Waals surface area contributed by atoms with Gasteiger partial charge in [-0.2, -0.15) is 0 Å². The first kappa shape index (κ1) is 17.9. The van der Waals surface area contributed by atoms with E-state index in [4.69, 9.17) is 4.74 Å². The second-order valence-corrected chi connectivity index (χ2v) is 8.13. The Morgan fingerprint density at radius 2 is 2.04 bits per heavy atom. The quantitative estimate of drug-likeness (QED) is 0.814. The number of carbonyl (C=O) groups is 1. The molecule has 0 bridgehead atoms. The summed E-state index contributed by atoms with van der Waals surface area (Å²) in [5, 5.41) is 0. The summed E-state index contributed by atoms with van der Waals surface area (Å²) in [5.74, 6) is 1.04. The largest absolute Gasteiger partial charge is 0.444 e. The number of ether oxygens (including phenoxy) is 1. The zero-order valence-electron chi connectivity index (χ0n) is 15.9. The van der Waals surface area contributed by atoms with Gasteiger partial charge < -0.3 is 19.4 Å². The average molecular weight is 347 g/mol. The van der Waals surface area contributed by atoms with Gasteiger partial charge in [-0.25, -0.2) is 14.8 Å². The van der Waals surface area contributed by atoms with Gasteiger partial charge in [0.15, 0.2) is 0 Å². The van der Waals surface area contributed by atoms with Crippen LogP contribution in [0.4, 0.5) is 10.6 Å². The molecule has 0 aliphatic carbocycles. The van der Waals surface area contributed by atoms with Crippen molar-refractivity contribution in [3.05, 3.63) is 17.6 Å². The first-order valence-electron chi connectivity index (χ1n) is 8.96. The van der Waals surface area contributed by atoms with E-state index in [-0.39, 0.29) is 6.09 Å². The van der Waals surface area contributed by atoms with Crippen molar-refractivity contribution in [2.75, 3.05) is 38.6 Å². The fraction of sp³-hybridized carbons (Fsp3) is 0.722. The Bertz CT molecular complexity index is 641. The second kappa shape index (κ2) is 6.78. The summed E-state index contributed by atoms with van der Waals surface area (Å²) >= 11 is 0. The Balaban J connectivity index is 1.74. The van der Waals surface area contributed by atoms with Crippen molar-refractivity contribution in [1.82, 2.24) is 19.8 Å². The van der Waals surface area contributed by atoms with Gasteiger partial charge in [0.05, 0.1) is 12.2 Å². The molecule has 1 amide bonds. The SMILES string of the molecule is CN(C)[C@H]1CCN(c2ncnc3c2CCN(C(=O)OC(C)(C)C)C3)C1. The Morgan fingerprint density at radius 1 is 1.28 bits per heavy atom. The highest BCUT2D eigenvalue weighted by molar-refractivity contribution is 5.69. The van der Waals surface area contributed by atoms with E-state index < -0.39 is 5.60 Å². The van der Waals surface area contributed by atoms with Gasteiger partial charge in [-0.3, -0.25) is 0 Å². The van der Waals surface area contributed by atoms with Crippen LogP contribution in [0.15, 0.2) is 6.33 Å². The molecule has 1 aromatic heterocycles. The number of likely N-dealkylation sites (N-methyl/N-ethyl adjacent to an activating group) is 1. The van der Waals surface area contributed by atoms with Crippen molar-refractivity contribution in [1.29, 1.82) is 0 Å². The highest BCUT2D eigenvalue weighted by Gasteiger charge is 2.31. The molecule has 3 rings (SSSR count). The monoisotopic (exact) mass is 347 g/mol. The summed E-state index contributed by atoms with van der Waals surface area (Å²) in [5.41, 5.74) is 1.64. The fourth-order valence-electron chi connectivity index (χ4n) is 3.45. The smallest absolute Gasteiger partial charge is 0.410 e. The van der Waals surface area contributed by atoms with Gasteiger partial charge in [0.25, 0.3) is 0 Å². The normalized spacial score (nSPS) is 20.8. The number of aromatic nitrogens is 2. The second-order valence-electron chi connectivity index (χ2n) is 8.13. The van der Waals surface area contributed by atoms with Crippen molar-refractivity contribution >= 4 is 11.9 Å². The van der Waals surface area contributed by atoms with Crippen LogP contribution >= 0.6 is 0 Å². The molecule has 2 aliphatic rings. The van der Waals surface area contributed by atoms with E-state index in [0.29, 0.717) is 19.1 Å². The number of rotatable bonds is 2. The number of hydrogen-bond donors (Lipinski definition) is 0. The summed E-state index contributed by atoms with van der Waals surface area (Å²) in [6, 6.07) is 0.562. The lowest BCUT2D eigenvalue weighted by molar-refractivity contribution is 0.0221. The molecule has 7 nitrogen and oxygen atoms in total. The third kappa shape index (κ3) is 4.03. The molecule has 0 unspecified atom stereocenters. The van der Waals surface area contributed by atoms with Crippen LogP contribution in [0.5, 0.6) is 0 Å². The molecule has 25 heavy (non-hydrogen) atoms. The van der Waals surface area contributed by atoms with Crippen LogP contribution in [0.25, 0.3) is 0 Å². The number of nitrogens with zero attached hydrogens (tertiary/aromatic N) is 5. The molecule has 138 valence electrons. The van der Waals surface area contributed by atoms with Crippen molar-refractivity contribution in [3.63, 3.8) is 0 Å². The molecule has 1 fully saturated rings. The van der Waals surface area contributed by atoms with Crippen molar-refractivity contribution in [3.8, 4) is 0 Å². The fourth-order valence-corrected chi connectivity index (χ4v) is 3.45. The first-order valence-corrected chi connectivity index (χ1v) is 8.96. The zero-order chi connectivity index (χ0) is 18.2. The molecule has 2 aliphatic heterocycles. The highest BCUT2D eigenvalue weighted by atomic mass is 16.6. The van der Waals surface area contributed by atoms with Gasteiger partial charge in [0, 0.05) is 31.2 Å². The van der Waals surface area contributed by atoms with E-state index in [9.17, 15) is 4.79 Å². The minimum absolute atomic E-state index is 0.271. The maximum atomic E-state index is 12.3. The Kier molecular flexibility index (Phi) is 4.86. The van der Waals surface area contributed by atoms with Crippen LogP contribution in [-0.2, 0) is 17.7 Å². The molecule has 0 aromatic carbocycles. The lowest BCUT2D eigenvalue weighted by Crippen LogP contribution is -2.41. The van der Waals surface area contributed by atoms with Gasteiger partial charge in [0.1, 0.15) is 17.7 Å².